The van der Waals surface area contributed by atoms with Crippen molar-refractivity contribution in [3.63, 3.8) is 0 Å². The molecule has 5 nitrogen and oxygen atoms in total. The number of hydrogen-bond acceptors (Lipinski definition) is 4. The predicted octanol–water partition coefficient (Wildman–Crippen LogP) is 0.846. The van der Waals surface area contributed by atoms with Crippen molar-refractivity contribution < 1.29 is 17.9 Å². The van der Waals surface area contributed by atoms with Gasteiger partial charge in [0.15, 0.2) is 0 Å². The summed E-state index contributed by atoms with van der Waals surface area (Å²) in [6.07, 6.45) is -0.188. The Balaban J connectivity index is 2.22. The molecule has 1 fully saturated rings. The Labute approximate surface area is 111 Å². The van der Waals surface area contributed by atoms with Gasteiger partial charge >= 0.3 is 0 Å². The molecule has 1 aliphatic carbocycles. The molecular weight excluding hydrogens is 271 g/mol. The molecule has 4 N–H and O–H groups in total. The summed E-state index contributed by atoms with van der Waals surface area (Å²) in [4.78, 5) is -0.170. The first-order valence-electron chi connectivity index (χ1n) is 5.90. The fraction of sp³-hybridized carbons (Fsp3) is 0.500. The third-order valence-electron chi connectivity index (χ3n) is 3.80. The lowest BCUT2D eigenvalue weighted by Gasteiger charge is -2.49. The second kappa shape index (κ2) is 4.43. The molecule has 0 radical (unpaired) electrons. The molecular formula is C12H17FN2O3S. The maximum atomic E-state index is 13.3. The normalized spacial score (nSPS) is 25.9. The van der Waals surface area contributed by atoms with Crippen LogP contribution in [0.25, 0.3) is 0 Å². The Morgan fingerprint density at radius 2 is 2.11 bits per heavy atom. The molecule has 0 saturated heterocycles. The van der Waals surface area contributed by atoms with Gasteiger partial charge in [-0.15, -0.1) is 0 Å². The number of aliphatic hydroxyl groups excluding tert-OH is 1. The van der Waals surface area contributed by atoms with Crippen LogP contribution in [0, 0.1) is 11.2 Å². The van der Waals surface area contributed by atoms with Crippen LogP contribution >= 0.6 is 0 Å². The van der Waals surface area contributed by atoms with E-state index < -0.39 is 27.4 Å². The molecule has 19 heavy (non-hydrogen) atoms. The van der Waals surface area contributed by atoms with E-state index in [0.29, 0.717) is 6.42 Å². The molecule has 1 saturated carbocycles. The summed E-state index contributed by atoms with van der Waals surface area (Å²) in [7, 11) is -3.81. The van der Waals surface area contributed by atoms with Gasteiger partial charge in [0, 0.05) is 11.5 Å². The fourth-order valence-corrected chi connectivity index (χ4v) is 3.45. The summed E-state index contributed by atoms with van der Waals surface area (Å²) in [5, 5.41) is 9.58. The second-order valence-corrected chi connectivity index (χ2v) is 7.14. The maximum Gasteiger partial charge on any atom is 0.240 e. The molecule has 0 amide bonds. The van der Waals surface area contributed by atoms with Crippen molar-refractivity contribution in [2.24, 2.45) is 5.41 Å². The minimum atomic E-state index is -3.81. The van der Waals surface area contributed by atoms with Crippen LogP contribution in [-0.2, 0) is 10.0 Å². The summed E-state index contributed by atoms with van der Waals surface area (Å²) < 4.78 is 40.0. The Hall–Kier alpha value is -1.18. The van der Waals surface area contributed by atoms with Crippen molar-refractivity contribution in [1.29, 1.82) is 0 Å². The first-order valence-corrected chi connectivity index (χ1v) is 7.38. The highest BCUT2D eigenvalue weighted by atomic mass is 32.2. The van der Waals surface area contributed by atoms with Crippen molar-refractivity contribution in [3.8, 4) is 0 Å². The average Bonchev–Trinajstić information content (AvgIpc) is 2.32. The number of aliphatic hydroxyl groups is 1. The zero-order valence-electron chi connectivity index (χ0n) is 10.7. The van der Waals surface area contributed by atoms with Gasteiger partial charge in [0.05, 0.1) is 16.7 Å². The Morgan fingerprint density at radius 3 is 2.58 bits per heavy atom. The minimum absolute atomic E-state index is 0.0988. The second-order valence-electron chi connectivity index (χ2n) is 5.43. The average molecular weight is 288 g/mol. The van der Waals surface area contributed by atoms with Crippen LogP contribution in [0.2, 0.25) is 0 Å². The molecule has 2 atom stereocenters. The molecule has 2 unspecified atom stereocenters. The van der Waals surface area contributed by atoms with E-state index in [9.17, 15) is 17.9 Å². The van der Waals surface area contributed by atoms with Crippen LogP contribution < -0.4 is 10.5 Å². The monoisotopic (exact) mass is 288 g/mol. The third-order valence-corrected chi connectivity index (χ3v) is 5.26. The van der Waals surface area contributed by atoms with E-state index in [-0.39, 0.29) is 16.6 Å². The highest BCUT2D eigenvalue weighted by Gasteiger charge is 2.48. The predicted molar refractivity (Wildman–Crippen MR) is 69.3 cm³/mol. The van der Waals surface area contributed by atoms with Gasteiger partial charge in [-0.2, -0.15) is 0 Å². The number of nitrogens with one attached hydrogen (secondary N) is 1. The van der Waals surface area contributed by atoms with Gasteiger partial charge in [0.1, 0.15) is 5.82 Å². The molecule has 1 aliphatic rings. The van der Waals surface area contributed by atoms with Gasteiger partial charge in [-0.3, -0.25) is 0 Å². The van der Waals surface area contributed by atoms with E-state index in [1.165, 1.54) is 12.1 Å². The highest BCUT2D eigenvalue weighted by molar-refractivity contribution is 7.89. The zero-order chi connectivity index (χ0) is 14.4. The number of nitrogen functional groups attached to an aromatic ring is 1. The van der Waals surface area contributed by atoms with Crippen molar-refractivity contribution in [2.75, 3.05) is 5.73 Å². The number of benzene rings is 1. The summed E-state index contributed by atoms with van der Waals surface area (Å²) in [5.41, 5.74) is 4.68. The summed E-state index contributed by atoms with van der Waals surface area (Å²) in [6.45, 7) is 3.55. The SMILES string of the molecule is CC1(C)C(O)CC1NS(=O)(=O)c1ccc(N)c(F)c1. The molecule has 0 spiro atoms. The lowest BCUT2D eigenvalue weighted by atomic mass is 9.65. The molecule has 0 bridgehead atoms. The molecule has 7 heteroatoms. The quantitative estimate of drug-likeness (QED) is 0.719. The van der Waals surface area contributed by atoms with Crippen LogP contribution in [0.1, 0.15) is 20.3 Å². The van der Waals surface area contributed by atoms with E-state index >= 15 is 0 Å². The minimum Gasteiger partial charge on any atom is -0.396 e. The molecule has 1 aromatic rings. The maximum absolute atomic E-state index is 13.3. The van der Waals surface area contributed by atoms with Crippen molar-refractivity contribution in [1.82, 2.24) is 4.72 Å². The smallest absolute Gasteiger partial charge is 0.240 e. The standard InChI is InChI=1S/C12H17FN2O3S/c1-12(2)10(6-11(12)16)15-19(17,18)7-3-4-9(14)8(13)5-7/h3-5,10-11,15-16H,6,14H2,1-2H3. The van der Waals surface area contributed by atoms with E-state index in [2.05, 4.69) is 4.72 Å². The lowest BCUT2D eigenvalue weighted by Crippen LogP contribution is -2.61. The van der Waals surface area contributed by atoms with Gasteiger partial charge < -0.3 is 10.8 Å². The first kappa shape index (κ1) is 14.2. The van der Waals surface area contributed by atoms with Crippen molar-refractivity contribution in [2.45, 2.75) is 37.3 Å². The van der Waals surface area contributed by atoms with Crippen LogP contribution in [0.15, 0.2) is 23.1 Å². The topological polar surface area (TPSA) is 92.4 Å². The Kier molecular flexibility index (Phi) is 3.32. The third kappa shape index (κ3) is 2.45. The van der Waals surface area contributed by atoms with Crippen LogP contribution in [0.3, 0.4) is 0 Å². The largest absolute Gasteiger partial charge is 0.396 e. The molecule has 0 heterocycles. The van der Waals surface area contributed by atoms with Crippen LogP contribution in [0.5, 0.6) is 0 Å². The summed E-state index contributed by atoms with van der Waals surface area (Å²) in [5.74, 6) is -0.768. The Bertz CT molecular complexity index is 601. The van der Waals surface area contributed by atoms with E-state index in [1.807, 2.05) is 0 Å². The number of sulfonamides is 1. The molecule has 106 valence electrons. The van der Waals surface area contributed by atoms with Gasteiger partial charge in [0.25, 0.3) is 0 Å². The number of rotatable bonds is 3. The van der Waals surface area contributed by atoms with Gasteiger partial charge in [-0.25, -0.2) is 17.5 Å². The number of nitrogens with two attached hydrogens (primary N) is 1. The highest BCUT2D eigenvalue weighted by Crippen LogP contribution is 2.41. The van der Waals surface area contributed by atoms with Gasteiger partial charge in [0.2, 0.25) is 10.0 Å². The molecule has 2 rings (SSSR count). The molecule has 0 aliphatic heterocycles. The molecule has 0 aromatic heterocycles. The lowest BCUT2D eigenvalue weighted by molar-refractivity contribution is -0.0645. The van der Waals surface area contributed by atoms with Crippen molar-refractivity contribution >= 4 is 15.7 Å². The number of hydrogen-bond donors (Lipinski definition) is 3. The number of halogens is 1. The van der Waals surface area contributed by atoms with Gasteiger partial charge in [-0.05, 0) is 24.6 Å². The van der Waals surface area contributed by atoms with E-state index in [4.69, 9.17) is 5.73 Å². The zero-order valence-corrected chi connectivity index (χ0v) is 11.5. The van der Waals surface area contributed by atoms with Gasteiger partial charge in [-0.1, -0.05) is 13.8 Å². The Morgan fingerprint density at radius 1 is 1.47 bits per heavy atom. The summed E-state index contributed by atoms with van der Waals surface area (Å²) in [6, 6.07) is 2.99. The van der Waals surface area contributed by atoms with E-state index in [0.717, 1.165) is 6.07 Å². The first-order chi connectivity index (χ1) is 8.64. The van der Waals surface area contributed by atoms with Crippen LogP contribution in [-0.4, -0.2) is 25.7 Å². The van der Waals surface area contributed by atoms with Crippen LogP contribution in [0.4, 0.5) is 10.1 Å². The fourth-order valence-electron chi connectivity index (χ4n) is 2.03. The van der Waals surface area contributed by atoms with E-state index in [1.54, 1.807) is 13.8 Å². The summed E-state index contributed by atoms with van der Waals surface area (Å²) >= 11 is 0. The molecule has 1 aromatic carbocycles. The number of anilines is 1. The van der Waals surface area contributed by atoms with Crippen molar-refractivity contribution in [3.05, 3.63) is 24.0 Å².